The number of carbonyl (C=O) groups is 4. The first-order valence-corrected chi connectivity index (χ1v) is 18.3. The maximum atomic E-state index is 14.0. The molecule has 4 aliphatic rings. The van der Waals surface area contributed by atoms with Crippen molar-refractivity contribution >= 4 is 23.4 Å². The molecule has 2 saturated heterocycles. The topological polar surface area (TPSA) is 329 Å². The fourth-order valence-corrected chi connectivity index (χ4v) is 7.92. The number of ketones is 2. The van der Waals surface area contributed by atoms with Gasteiger partial charge >= 0.3 is 5.97 Å². The van der Waals surface area contributed by atoms with E-state index in [9.17, 15) is 65.1 Å². The van der Waals surface area contributed by atoms with Gasteiger partial charge in [0.05, 0.1) is 42.9 Å². The number of aryl methyl sites for hydroxylation is 1. The van der Waals surface area contributed by atoms with Crippen LogP contribution in [0, 0.1) is 6.92 Å². The second kappa shape index (κ2) is 15.7. The molecule has 0 aromatic heterocycles. The SMILES string of the molecule is COc1cc(O)c2c(c1)C(=O)c1c(cc3c(c1O)-c1c(cc(C)c(C(=O)NCCC(=O)O)c1O)[C@H](O[C@@H]1O[C@H](C)[C@H](O)[C@H](O[C@@H]4OC[C@@H](O)[C@H](O)[C@H]4O)[C@H]1O)[C@H]3O)C2=O. The lowest BCUT2D eigenvalue weighted by atomic mass is 9.74. The van der Waals surface area contributed by atoms with Crippen molar-refractivity contribution in [3.05, 3.63) is 68.8 Å². The second-order valence-electron chi connectivity index (χ2n) is 14.7. The summed E-state index contributed by atoms with van der Waals surface area (Å²) in [4.78, 5) is 52.6. The number of aliphatic hydroxyl groups excluding tert-OH is 6. The van der Waals surface area contributed by atoms with Gasteiger partial charge in [-0.1, -0.05) is 6.07 Å². The Balaban J connectivity index is 1.35. The van der Waals surface area contributed by atoms with Crippen molar-refractivity contribution in [3.63, 3.8) is 0 Å². The number of carbonyl (C=O) groups excluding carboxylic acids is 3. The van der Waals surface area contributed by atoms with Crippen molar-refractivity contribution in [2.45, 2.75) is 87.8 Å². The van der Waals surface area contributed by atoms with Gasteiger partial charge in [0, 0.05) is 34.9 Å². The summed E-state index contributed by atoms with van der Waals surface area (Å²) in [5, 5.41) is 111. The summed E-state index contributed by atoms with van der Waals surface area (Å²) in [6.07, 6.45) is -18.9. The molecule has 2 heterocycles. The standard InChI is InChI=1S/C39H41NO19/c1-11-6-17-24(31(50)21(11)37(54)40-5-4-20(43)44)23-15(9-16-25(32(23)51)28(47)14-7-13(55-3)8-18(41)22(14)27(16)46)29(48)35(17)58-39-34(53)36(26(45)12(2)57-39)59-38-33(52)30(49)19(42)10-56-38/h6-9,12,19,26,29-30,33-36,38-39,41-42,45,48-53H,4-5,10H2,1-3H3,(H,40,54)(H,43,44)/t12-,19-,26+,29+,30+,33-,34-,35+,36+,38+,39+/m1/s1. The number of ether oxygens (including phenoxy) is 5. The number of hydrogen-bond donors (Lipinski definition) is 11. The number of amides is 1. The van der Waals surface area contributed by atoms with Crippen molar-refractivity contribution in [3.8, 4) is 34.1 Å². The molecule has 0 saturated carbocycles. The third kappa shape index (κ3) is 6.95. The number of rotatable bonds is 9. The second-order valence-corrected chi connectivity index (χ2v) is 14.7. The predicted octanol–water partition coefficient (Wildman–Crippen LogP) is -0.837. The summed E-state index contributed by atoms with van der Waals surface area (Å²) < 4.78 is 28.1. The molecule has 59 heavy (non-hydrogen) atoms. The van der Waals surface area contributed by atoms with E-state index in [1.807, 2.05) is 0 Å². The Kier molecular flexibility index (Phi) is 11.2. The lowest BCUT2D eigenvalue weighted by Gasteiger charge is -2.45. The van der Waals surface area contributed by atoms with Gasteiger partial charge in [-0.25, -0.2) is 0 Å². The molecule has 11 N–H and O–H groups in total. The van der Waals surface area contributed by atoms with E-state index in [4.69, 9.17) is 28.8 Å². The summed E-state index contributed by atoms with van der Waals surface area (Å²) in [7, 11) is 1.26. The number of benzene rings is 3. The molecule has 1 amide bonds. The van der Waals surface area contributed by atoms with Crippen LogP contribution in [0.25, 0.3) is 11.1 Å². The summed E-state index contributed by atoms with van der Waals surface area (Å²) in [5.41, 5.74) is -3.37. The highest BCUT2D eigenvalue weighted by Gasteiger charge is 2.51. The zero-order valence-corrected chi connectivity index (χ0v) is 31.4. The van der Waals surface area contributed by atoms with Gasteiger partial charge in [-0.05, 0) is 42.7 Å². The van der Waals surface area contributed by atoms with Crippen molar-refractivity contribution in [2.75, 3.05) is 20.3 Å². The Morgan fingerprint density at radius 2 is 1.46 bits per heavy atom. The molecule has 2 aliphatic carbocycles. The van der Waals surface area contributed by atoms with Crippen LogP contribution >= 0.6 is 0 Å². The van der Waals surface area contributed by atoms with E-state index in [2.05, 4.69) is 5.32 Å². The normalized spacial score (nSPS) is 29.8. The van der Waals surface area contributed by atoms with E-state index in [0.29, 0.717) is 0 Å². The molecule has 11 atom stereocenters. The number of fused-ring (bicyclic) bond motifs is 5. The Bertz CT molecular complexity index is 2240. The van der Waals surface area contributed by atoms with Crippen molar-refractivity contribution in [2.24, 2.45) is 0 Å². The zero-order chi connectivity index (χ0) is 42.9. The van der Waals surface area contributed by atoms with E-state index in [0.717, 1.165) is 12.1 Å². The molecule has 3 aromatic rings. The fraction of sp³-hybridized carbons (Fsp3) is 0.436. The van der Waals surface area contributed by atoms with Crippen LogP contribution in [0.2, 0.25) is 0 Å². The van der Waals surface area contributed by atoms with Crippen LogP contribution in [0.15, 0.2) is 24.3 Å². The quantitative estimate of drug-likeness (QED) is 0.0980. The molecule has 3 aromatic carbocycles. The van der Waals surface area contributed by atoms with Gasteiger partial charge in [-0.3, -0.25) is 19.2 Å². The Morgan fingerprint density at radius 1 is 0.797 bits per heavy atom. The van der Waals surface area contributed by atoms with Gasteiger partial charge in [-0.15, -0.1) is 0 Å². The van der Waals surface area contributed by atoms with Crippen LogP contribution in [0.5, 0.6) is 23.0 Å². The van der Waals surface area contributed by atoms with Gasteiger partial charge in [0.1, 0.15) is 71.8 Å². The maximum Gasteiger partial charge on any atom is 0.305 e. The Labute approximate surface area is 333 Å². The van der Waals surface area contributed by atoms with E-state index >= 15 is 0 Å². The average Bonchev–Trinajstić information content (AvgIpc) is 3.18. The molecule has 0 radical (unpaired) electrons. The number of phenols is 3. The molecule has 316 valence electrons. The smallest absolute Gasteiger partial charge is 0.305 e. The number of carboxylic acid groups (broad SMARTS) is 1. The predicted molar refractivity (Wildman–Crippen MR) is 194 cm³/mol. The summed E-state index contributed by atoms with van der Waals surface area (Å²) in [5.74, 6) is -6.37. The molecule has 0 unspecified atom stereocenters. The van der Waals surface area contributed by atoms with Gasteiger partial charge in [0.15, 0.2) is 24.1 Å². The van der Waals surface area contributed by atoms with Gasteiger partial charge in [0.25, 0.3) is 5.91 Å². The lowest BCUT2D eigenvalue weighted by molar-refractivity contribution is -0.353. The lowest BCUT2D eigenvalue weighted by Crippen LogP contribution is -2.62. The highest BCUT2D eigenvalue weighted by atomic mass is 16.7. The molecule has 0 spiro atoms. The summed E-state index contributed by atoms with van der Waals surface area (Å²) >= 11 is 0. The number of carboxylic acids is 1. The molecule has 20 nitrogen and oxygen atoms in total. The minimum atomic E-state index is -1.94. The van der Waals surface area contributed by atoms with Crippen molar-refractivity contribution in [1.29, 1.82) is 0 Å². The first kappa shape index (κ1) is 41.9. The Morgan fingerprint density at radius 3 is 2.14 bits per heavy atom. The van der Waals surface area contributed by atoms with Gasteiger partial charge < -0.3 is 80.1 Å². The minimum absolute atomic E-state index is 0.0103. The minimum Gasteiger partial charge on any atom is -0.507 e. The fourth-order valence-electron chi connectivity index (χ4n) is 7.92. The summed E-state index contributed by atoms with van der Waals surface area (Å²) in [6, 6.07) is 4.62. The van der Waals surface area contributed by atoms with Crippen LogP contribution in [0.3, 0.4) is 0 Å². The number of methoxy groups -OCH3 is 1. The van der Waals surface area contributed by atoms with Crippen molar-refractivity contribution in [1.82, 2.24) is 5.32 Å². The largest absolute Gasteiger partial charge is 0.507 e. The van der Waals surface area contributed by atoms with Gasteiger partial charge in [-0.2, -0.15) is 0 Å². The van der Waals surface area contributed by atoms with Crippen LogP contribution < -0.4 is 10.1 Å². The third-order valence-electron chi connectivity index (χ3n) is 11.0. The number of aliphatic hydroxyl groups is 6. The molecular weight excluding hydrogens is 786 g/mol. The van der Waals surface area contributed by atoms with E-state index in [1.54, 1.807) is 0 Å². The zero-order valence-electron chi connectivity index (χ0n) is 31.4. The Hall–Kier alpha value is -5.26. The monoisotopic (exact) mass is 827 g/mol. The molecule has 7 rings (SSSR count). The van der Waals surface area contributed by atoms with E-state index < -0.39 is 149 Å². The number of nitrogens with one attached hydrogen (secondary N) is 1. The average molecular weight is 828 g/mol. The molecule has 2 aliphatic heterocycles. The number of aliphatic carboxylic acids is 1. The first-order chi connectivity index (χ1) is 27.9. The van der Waals surface area contributed by atoms with Crippen LogP contribution in [0.1, 0.15) is 84.4 Å². The first-order valence-electron chi connectivity index (χ1n) is 18.3. The molecular formula is C39H41NO19. The third-order valence-corrected chi connectivity index (χ3v) is 11.0. The number of hydrogen-bond acceptors (Lipinski definition) is 18. The maximum absolute atomic E-state index is 14.0. The highest BCUT2D eigenvalue weighted by Crippen LogP contribution is 2.57. The molecule has 0 bridgehead atoms. The van der Waals surface area contributed by atoms with E-state index in [-0.39, 0.29) is 40.1 Å². The summed E-state index contributed by atoms with van der Waals surface area (Å²) in [6.45, 7) is 1.96. The molecule has 20 heteroatoms. The van der Waals surface area contributed by atoms with Gasteiger partial charge in [0.2, 0.25) is 0 Å². The van der Waals surface area contributed by atoms with Crippen LogP contribution in [0.4, 0.5) is 0 Å². The molecule has 2 fully saturated rings. The van der Waals surface area contributed by atoms with Crippen LogP contribution in [-0.4, -0.2) is 150 Å². The number of aromatic hydroxyl groups is 3. The highest BCUT2D eigenvalue weighted by molar-refractivity contribution is 6.31. The van der Waals surface area contributed by atoms with Crippen LogP contribution in [-0.2, 0) is 23.7 Å². The van der Waals surface area contributed by atoms with Crippen molar-refractivity contribution < 1.29 is 93.9 Å². The van der Waals surface area contributed by atoms with E-state index in [1.165, 1.54) is 33.1 Å². The number of phenolic OH excluding ortho intramolecular Hbond substituents is 3.